The van der Waals surface area contributed by atoms with Gasteiger partial charge in [-0.15, -0.1) is 10.2 Å². The molecule has 3 aromatic rings. The van der Waals surface area contributed by atoms with Crippen molar-refractivity contribution >= 4 is 22.6 Å². The van der Waals surface area contributed by atoms with E-state index in [4.69, 9.17) is 4.74 Å². The Morgan fingerprint density at radius 3 is 3.00 bits per heavy atom. The normalized spacial score (nSPS) is 23.2. The van der Waals surface area contributed by atoms with Crippen LogP contribution in [0.1, 0.15) is 36.3 Å². The lowest BCUT2D eigenvalue weighted by Gasteiger charge is -2.45. The number of likely N-dealkylation sites (N-methyl/N-ethyl adjacent to an activating group) is 1. The van der Waals surface area contributed by atoms with E-state index in [0.717, 1.165) is 25.8 Å². The summed E-state index contributed by atoms with van der Waals surface area (Å²) in [4.78, 5) is 18.4. The summed E-state index contributed by atoms with van der Waals surface area (Å²) in [6, 6.07) is 10.6. The molecular weight excluding hydrogens is 378 g/mol. The minimum atomic E-state index is -0.0158. The van der Waals surface area contributed by atoms with Crippen LogP contribution in [0.15, 0.2) is 36.5 Å². The maximum absolute atomic E-state index is 12.4. The fourth-order valence-electron chi connectivity index (χ4n) is 5.30. The Morgan fingerprint density at radius 1 is 1.30 bits per heavy atom. The fraction of sp³-hybridized carbons (Fsp3) is 0.435. The fourth-order valence-corrected chi connectivity index (χ4v) is 5.30. The summed E-state index contributed by atoms with van der Waals surface area (Å²) in [5, 5.41) is 12.1. The molecule has 30 heavy (non-hydrogen) atoms. The quantitative estimate of drug-likeness (QED) is 0.680. The van der Waals surface area contributed by atoms with E-state index in [2.05, 4.69) is 56.8 Å². The van der Waals surface area contributed by atoms with E-state index in [0.29, 0.717) is 36.0 Å². The number of ether oxygens (including phenoxy) is 1. The number of nitrogens with zero attached hydrogens (tertiary/aromatic N) is 3. The second-order valence-corrected chi connectivity index (χ2v) is 8.55. The number of hydrogen-bond acceptors (Lipinski definition) is 5. The van der Waals surface area contributed by atoms with Gasteiger partial charge in [0, 0.05) is 48.1 Å². The van der Waals surface area contributed by atoms with Crippen LogP contribution in [-0.4, -0.2) is 52.7 Å². The zero-order valence-corrected chi connectivity index (χ0v) is 17.4. The van der Waals surface area contributed by atoms with Crippen LogP contribution in [-0.2, 0) is 11.2 Å². The molecule has 0 saturated carbocycles. The Kier molecular flexibility index (Phi) is 4.90. The van der Waals surface area contributed by atoms with Crippen LogP contribution in [0, 0.1) is 5.92 Å². The van der Waals surface area contributed by atoms with Crippen LogP contribution in [0.3, 0.4) is 0 Å². The van der Waals surface area contributed by atoms with Crippen molar-refractivity contribution < 1.29 is 9.53 Å². The largest absolute Gasteiger partial charge is 0.480 e. The molecule has 1 unspecified atom stereocenters. The van der Waals surface area contributed by atoms with Gasteiger partial charge < -0.3 is 19.9 Å². The predicted octanol–water partition coefficient (Wildman–Crippen LogP) is 3.35. The van der Waals surface area contributed by atoms with E-state index in [-0.39, 0.29) is 5.91 Å². The van der Waals surface area contributed by atoms with E-state index in [1.165, 1.54) is 29.1 Å². The maximum Gasteiger partial charge on any atom is 0.233 e. The van der Waals surface area contributed by atoms with Crippen molar-refractivity contribution in [2.75, 3.05) is 26.0 Å². The maximum atomic E-state index is 12.4. The second kappa shape index (κ2) is 7.72. The van der Waals surface area contributed by atoms with Gasteiger partial charge in [-0.2, -0.15) is 0 Å². The molecule has 1 amide bonds. The molecule has 1 saturated heterocycles. The topological polar surface area (TPSA) is 83.1 Å². The number of likely N-dealkylation sites (tertiary alicyclic amines) is 1. The first-order chi connectivity index (χ1) is 14.6. The van der Waals surface area contributed by atoms with Crippen LogP contribution in [0.2, 0.25) is 0 Å². The van der Waals surface area contributed by atoms with Crippen molar-refractivity contribution in [2.24, 2.45) is 5.92 Å². The van der Waals surface area contributed by atoms with Crippen LogP contribution in [0.5, 0.6) is 5.88 Å². The first kappa shape index (κ1) is 19.1. The van der Waals surface area contributed by atoms with Crippen LogP contribution < -0.4 is 10.1 Å². The molecule has 2 N–H and O–H groups in total. The Bertz CT molecular complexity index is 1060. The van der Waals surface area contributed by atoms with Gasteiger partial charge in [-0.25, -0.2) is 0 Å². The molecule has 1 fully saturated rings. The number of hydrogen-bond donors (Lipinski definition) is 2. The average molecular weight is 406 g/mol. The summed E-state index contributed by atoms with van der Waals surface area (Å²) >= 11 is 0. The van der Waals surface area contributed by atoms with E-state index < -0.39 is 0 Å². The number of rotatable bonds is 5. The Labute approximate surface area is 175 Å². The van der Waals surface area contributed by atoms with Gasteiger partial charge in [0.05, 0.1) is 7.11 Å². The standard InChI is InChI=1S/C23H27N5O2/c1-28-13-14(6-8-21(29)25-20-7-9-22(30-2)27-26-20)10-17-16-4-3-5-18-23(16)15(12-24-18)11-19(17)28/h3-5,7,9,12,14,17,19,24H,6,8,10-11,13H2,1-2H3,(H,25,26,29)/t14?,17-,19-/m1/s1. The average Bonchev–Trinajstić information content (AvgIpc) is 3.18. The lowest BCUT2D eigenvalue weighted by atomic mass is 9.71. The Hall–Kier alpha value is -2.93. The number of nitrogens with one attached hydrogen (secondary N) is 2. The minimum Gasteiger partial charge on any atom is -0.480 e. The third-order valence-corrected chi connectivity index (χ3v) is 6.71. The van der Waals surface area contributed by atoms with Gasteiger partial charge in [-0.3, -0.25) is 4.79 Å². The highest BCUT2D eigenvalue weighted by atomic mass is 16.5. The van der Waals surface area contributed by atoms with Gasteiger partial charge in [0.25, 0.3) is 0 Å². The molecule has 7 nitrogen and oxygen atoms in total. The first-order valence-electron chi connectivity index (χ1n) is 10.6. The number of carbonyl (C=O) groups excluding carboxylic acids is 1. The Morgan fingerprint density at radius 2 is 2.20 bits per heavy atom. The molecule has 3 atom stereocenters. The van der Waals surface area contributed by atoms with Gasteiger partial charge in [-0.1, -0.05) is 12.1 Å². The van der Waals surface area contributed by atoms with Crippen molar-refractivity contribution in [1.82, 2.24) is 20.1 Å². The van der Waals surface area contributed by atoms with Gasteiger partial charge in [0.2, 0.25) is 11.8 Å². The van der Waals surface area contributed by atoms with Crippen molar-refractivity contribution in [3.05, 3.63) is 47.7 Å². The number of H-pyrrole nitrogens is 1. The van der Waals surface area contributed by atoms with E-state index in [9.17, 15) is 4.79 Å². The first-order valence-corrected chi connectivity index (χ1v) is 10.6. The number of fused-ring (bicyclic) bond motifs is 2. The van der Waals surface area contributed by atoms with E-state index >= 15 is 0 Å². The molecule has 3 heterocycles. The molecule has 1 aliphatic carbocycles. The monoisotopic (exact) mass is 405 g/mol. The van der Waals surface area contributed by atoms with E-state index in [1.807, 2.05) is 0 Å². The van der Waals surface area contributed by atoms with Gasteiger partial charge in [0.15, 0.2) is 5.82 Å². The highest BCUT2D eigenvalue weighted by Gasteiger charge is 2.39. The SMILES string of the molecule is COc1ccc(NC(=O)CCC2C[C@@H]3c4cccc5[nH]cc(c45)C[C@H]3N(C)C2)nn1. The molecule has 2 aromatic heterocycles. The van der Waals surface area contributed by atoms with Gasteiger partial charge >= 0.3 is 0 Å². The molecule has 0 spiro atoms. The number of piperidine rings is 1. The minimum absolute atomic E-state index is 0.0158. The zero-order valence-electron chi connectivity index (χ0n) is 17.4. The lowest BCUT2D eigenvalue weighted by molar-refractivity contribution is -0.116. The molecule has 2 aliphatic rings. The summed E-state index contributed by atoms with van der Waals surface area (Å²) in [6.07, 6.45) is 5.77. The molecule has 0 radical (unpaired) electrons. The van der Waals surface area contributed by atoms with Crippen molar-refractivity contribution in [3.63, 3.8) is 0 Å². The Balaban J connectivity index is 1.24. The predicted molar refractivity (Wildman–Crippen MR) is 116 cm³/mol. The van der Waals surface area contributed by atoms with Crippen LogP contribution in [0.4, 0.5) is 5.82 Å². The van der Waals surface area contributed by atoms with E-state index in [1.54, 1.807) is 12.1 Å². The number of anilines is 1. The molecule has 0 bridgehead atoms. The van der Waals surface area contributed by atoms with Gasteiger partial charge in [0.1, 0.15) is 0 Å². The highest BCUT2D eigenvalue weighted by molar-refractivity contribution is 5.90. The third-order valence-electron chi connectivity index (χ3n) is 6.71. The highest BCUT2D eigenvalue weighted by Crippen LogP contribution is 2.45. The van der Waals surface area contributed by atoms with Gasteiger partial charge in [-0.05, 0) is 55.5 Å². The third kappa shape index (κ3) is 3.43. The second-order valence-electron chi connectivity index (χ2n) is 8.55. The molecule has 1 aromatic carbocycles. The summed E-state index contributed by atoms with van der Waals surface area (Å²) in [5.74, 6) is 1.90. The number of methoxy groups -OCH3 is 1. The van der Waals surface area contributed by atoms with Crippen LogP contribution in [0.25, 0.3) is 10.9 Å². The summed E-state index contributed by atoms with van der Waals surface area (Å²) in [6.45, 7) is 1.03. The number of aromatic amines is 1. The lowest BCUT2D eigenvalue weighted by Crippen LogP contribution is -2.47. The van der Waals surface area contributed by atoms with Crippen molar-refractivity contribution in [2.45, 2.75) is 37.6 Å². The molecular formula is C23H27N5O2. The number of benzene rings is 1. The smallest absolute Gasteiger partial charge is 0.233 e. The molecule has 5 rings (SSSR count). The zero-order chi connectivity index (χ0) is 20.7. The number of carbonyl (C=O) groups is 1. The van der Waals surface area contributed by atoms with Crippen LogP contribution >= 0.6 is 0 Å². The number of aromatic nitrogens is 3. The van der Waals surface area contributed by atoms with Crippen molar-refractivity contribution in [1.29, 1.82) is 0 Å². The number of amides is 1. The molecule has 7 heteroatoms. The molecule has 1 aliphatic heterocycles. The molecule has 156 valence electrons. The summed E-state index contributed by atoms with van der Waals surface area (Å²) in [5.41, 5.74) is 4.15. The summed E-state index contributed by atoms with van der Waals surface area (Å²) in [7, 11) is 3.77. The summed E-state index contributed by atoms with van der Waals surface area (Å²) < 4.78 is 5.00. The van der Waals surface area contributed by atoms with Crippen molar-refractivity contribution in [3.8, 4) is 5.88 Å².